The fourth-order valence-corrected chi connectivity index (χ4v) is 10.3. The molecule has 3 aliphatic rings. The third-order valence-corrected chi connectivity index (χ3v) is 14.4. The Kier molecular flexibility index (Phi) is 22.5. The molecule has 0 aromatic heterocycles. The molecule has 0 spiro atoms. The van der Waals surface area contributed by atoms with Gasteiger partial charge in [-0.25, -0.2) is 0 Å². The van der Waals surface area contributed by atoms with Gasteiger partial charge in [-0.1, -0.05) is 202 Å². The number of rotatable bonds is 28. The maximum atomic E-state index is 10.2. The van der Waals surface area contributed by atoms with Crippen LogP contribution < -0.4 is 0 Å². The summed E-state index contributed by atoms with van der Waals surface area (Å²) in [4.78, 5) is 12.9. The molecule has 0 N–H and O–H groups in total. The normalized spacial score (nSPS) is 26.9. The predicted molar refractivity (Wildman–Crippen MR) is 300 cm³/mol. The van der Waals surface area contributed by atoms with Crippen LogP contribution in [0.1, 0.15) is 46.2 Å². The number of ether oxygens (including phenoxy) is 10. The van der Waals surface area contributed by atoms with Crippen LogP contribution in [0.2, 0.25) is 0 Å². The molecule has 424 valence electrons. The fourth-order valence-electron chi connectivity index (χ4n) is 10.3. The average Bonchev–Trinajstić information content (AvgIpc) is 3.43. The zero-order valence-electron chi connectivity index (χ0n) is 44.9. The van der Waals surface area contributed by atoms with Gasteiger partial charge in [0.1, 0.15) is 30.5 Å². The fraction of sp³-hybridized carbons (Fsp3) is 0.400. The van der Waals surface area contributed by atoms with Gasteiger partial charge in [0, 0.05) is 19.6 Å². The van der Waals surface area contributed by atoms with Crippen molar-refractivity contribution in [3.05, 3.63) is 257 Å². The van der Waals surface area contributed by atoms with E-state index in [0.29, 0.717) is 0 Å². The summed E-state index contributed by atoms with van der Waals surface area (Å²) in [6.45, 7) is 0.686. The first-order valence-corrected chi connectivity index (χ1v) is 27.1. The number of benzene rings is 6. The van der Waals surface area contributed by atoms with E-state index in [2.05, 4.69) is 40.1 Å². The lowest BCUT2D eigenvalue weighted by Crippen LogP contribution is -2.63. The Labute approximate surface area is 474 Å². The minimum absolute atomic E-state index is 0.0114. The van der Waals surface area contributed by atoms with E-state index in [4.69, 9.17) is 47.4 Å². The highest BCUT2D eigenvalue weighted by Gasteiger charge is 2.53. The van der Waals surface area contributed by atoms with E-state index < -0.39 is 85.6 Å². The number of nitrogens with zero attached hydrogens (tertiary/aromatic N) is 12. The zero-order valence-corrected chi connectivity index (χ0v) is 44.9. The summed E-state index contributed by atoms with van der Waals surface area (Å²) in [6.07, 6.45) is -11.2. The van der Waals surface area contributed by atoms with Crippen LogP contribution in [0.4, 0.5) is 0 Å². The molecule has 0 radical (unpaired) electrons. The van der Waals surface area contributed by atoms with E-state index in [0.717, 1.165) is 33.4 Å². The largest absolute Gasteiger partial charge is 0.374 e. The maximum Gasteiger partial charge on any atom is 0.187 e. The Hall–Kier alpha value is -7.84. The van der Waals surface area contributed by atoms with Gasteiger partial charge in [0.25, 0.3) is 0 Å². The molecule has 2 saturated heterocycles. The van der Waals surface area contributed by atoms with Gasteiger partial charge in [-0.15, -0.1) is 0 Å². The summed E-state index contributed by atoms with van der Waals surface area (Å²) in [5.41, 5.74) is 45.6. The number of azide groups is 4. The van der Waals surface area contributed by atoms with Gasteiger partial charge in [-0.2, -0.15) is 0 Å². The lowest BCUT2D eigenvalue weighted by molar-refractivity contribution is -0.335. The van der Waals surface area contributed by atoms with Crippen LogP contribution in [0.5, 0.6) is 0 Å². The van der Waals surface area contributed by atoms with Crippen molar-refractivity contribution < 1.29 is 47.4 Å². The molecule has 0 bridgehead atoms. The topological polar surface area (TPSA) is 287 Å². The highest BCUT2D eigenvalue weighted by atomic mass is 16.7. The SMILES string of the molecule is [N-]=[N+]=NC[C@H]1O[C@@H](O[C@H]2C[C@H](N=[N+]=[N-])[C@@H](O[C@H]3O[C@H](COCc4ccccc4)[C@@H](OCc4ccccc4)[C@H](N=[N+]=[N-])[C@H]3OCc3ccccc3)C[C@@H]2N=[N+]=[N-])[C@H](OCc2ccccc2)[C@@H](OCc2ccccc2)[C@@H]1OCc1ccccc1. The predicted octanol–water partition coefficient (Wildman–Crippen LogP) is 12.5. The van der Waals surface area contributed by atoms with Crippen LogP contribution in [0, 0.1) is 0 Å². The molecule has 2 heterocycles. The molecule has 14 atom stereocenters. The average molecular weight is 1110 g/mol. The van der Waals surface area contributed by atoms with E-state index in [1.807, 2.05) is 182 Å². The summed E-state index contributed by atoms with van der Waals surface area (Å²) >= 11 is 0. The monoisotopic (exact) mass is 1110 g/mol. The second kappa shape index (κ2) is 31.4. The summed E-state index contributed by atoms with van der Waals surface area (Å²) in [5.74, 6) is 0. The molecule has 2 aliphatic heterocycles. The first kappa shape index (κ1) is 58.8. The molecular weight excluding hydrogens is 1050 g/mol. The first-order valence-electron chi connectivity index (χ1n) is 27.1. The second-order valence-corrected chi connectivity index (χ2v) is 19.9. The quantitative estimate of drug-likeness (QED) is 0.0254. The van der Waals surface area contributed by atoms with Gasteiger partial charge in [-0.05, 0) is 68.3 Å². The van der Waals surface area contributed by atoms with Gasteiger partial charge >= 0.3 is 0 Å². The van der Waals surface area contributed by atoms with Crippen LogP contribution in [-0.4, -0.2) is 98.8 Å². The van der Waals surface area contributed by atoms with E-state index in [9.17, 15) is 22.1 Å². The molecule has 22 heteroatoms. The summed E-state index contributed by atoms with van der Waals surface area (Å²) in [5, 5.41) is 16.8. The lowest BCUT2D eigenvalue weighted by atomic mass is 9.86. The molecule has 0 amide bonds. The van der Waals surface area contributed by atoms with Crippen molar-refractivity contribution in [2.24, 2.45) is 20.5 Å². The van der Waals surface area contributed by atoms with Gasteiger partial charge in [0.05, 0.1) is 95.3 Å². The Balaban J connectivity index is 1.03. The molecule has 22 nitrogen and oxygen atoms in total. The Morgan fingerprint density at radius 1 is 0.378 bits per heavy atom. The highest BCUT2D eigenvalue weighted by molar-refractivity contribution is 5.18. The minimum Gasteiger partial charge on any atom is -0.374 e. The van der Waals surface area contributed by atoms with Crippen molar-refractivity contribution in [2.75, 3.05) is 13.2 Å². The smallest absolute Gasteiger partial charge is 0.187 e. The van der Waals surface area contributed by atoms with E-state index >= 15 is 0 Å². The van der Waals surface area contributed by atoms with Gasteiger partial charge in [0.15, 0.2) is 12.6 Å². The molecule has 6 aromatic carbocycles. The van der Waals surface area contributed by atoms with E-state index in [-0.39, 0.29) is 65.6 Å². The Morgan fingerprint density at radius 3 is 1.15 bits per heavy atom. The highest BCUT2D eigenvalue weighted by Crippen LogP contribution is 2.39. The van der Waals surface area contributed by atoms with Gasteiger partial charge in [0.2, 0.25) is 0 Å². The second-order valence-electron chi connectivity index (χ2n) is 19.9. The number of hydrogen-bond donors (Lipinski definition) is 0. The number of hydrogen-bond acceptors (Lipinski definition) is 14. The lowest BCUT2D eigenvalue weighted by Gasteiger charge is -2.49. The molecular formula is C60H64N12O10. The van der Waals surface area contributed by atoms with Crippen molar-refractivity contribution in [3.8, 4) is 0 Å². The maximum absolute atomic E-state index is 10.2. The van der Waals surface area contributed by atoms with Crippen LogP contribution >= 0.6 is 0 Å². The van der Waals surface area contributed by atoms with E-state index in [1.54, 1.807) is 0 Å². The molecule has 6 aromatic rings. The first-order chi connectivity index (χ1) is 40.5. The van der Waals surface area contributed by atoms with Crippen LogP contribution in [0.15, 0.2) is 202 Å². The van der Waals surface area contributed by atoms with Crippen molar-refractivity contribution in [1.82, 2.24) is 0 Å². The minimum atomic E-state index is -1.29. The Bertz CT molecular complexity index is 3050. The van der Waals surface area contributed by atoms with Crippen molar-refractivity contribution in [3.63, 3.8) is 0 Å². The standard InChI is InChI=1S/C60H64N12O10/c61-69-65-33-51-55(75-36-43-23-11-3-12-24-43)57(77-38-45-27-15-5-16-28-45)58(78-39-46-29-17-6-18-30-46)60(81-51)80-50-32-47(66-70-62)49(31-48(50)67-71-63)79-59-56(76-37-44-25-13-4-14-26-44)53(68-72-64)54(74-35-42-21-9-2-10-22-42)52(82-59)40-73-34-41-19-7-1-8-20-41/h1-30,47-60H,31-40H2/t47-,48-,49-,50-,51+,52+,53-,54+,55+,56+,57-,58+,59-,60+/m0/s1. The van der Waals surface area contributed by atoms with Gasteiger partial charge < -0.3 is 47.4 Å². The zero-order chi connectivity index (χ0) is 56.6. The molecule has 9 rings (SSSR count). The summed E-state index contributed by atoms with van der Waals surface area (Å²) in [7, 11) is 0. The van der Waals surface area contributed by atoms with Crippen LogP contribution in [-0.2, 0) is 87.0 Å². The Morgan fingerprint density at radius 2 is 0.732 bits per heavy atom. The molecule has 1 aliphatic carbocycles. The summed E-state index contributed by atoms with van der Waals surface area (Å²) in [6, 6.07) is 54.5. The summed E-state index contributed by atoms with van der Waals surface area (Å²) < 4.78 is 67.5. The van der Waals surface area contributed by atoms with Crippen molar-refractivity contribution >= 4 is 0 Å². The van der Waals surface area contributed by atoms with E-state index in [1.165, 1.54) is 0 Å². The molecule has 0 unspecified atom stereocenters. The third kappa shape index (κ3) is 16.6. The van der Waals surface area contributed by atoms with Crippen molar-refractivity contribution in [1.29, 1.82) is 0 Å². The third-order valence-electron chi connectivity index (χ3n) is 14.4. The molecule has 82 heavy (non-hydrogen) atoms. The van der Waals surface area contributed by atoms with Crippen LogP contribution in [0.3, 0.4) is 0 Å². The molecule has 3 fully saturated rings. The molecule has 1 saturated carbocycles. The van der Waals surface area contributed by atoms with Crippen molar-refractivity contribution in [2.45, 2.75) is 138 Å². The van der Waals surface area contributed by atoms with Gasteiger partial charge in [-0.3, -0.25) is 0 Å². The van der Waals surface area contributed by atoms with Crippen LogP contribution in [0.25, 0.3) is 41.8 Å².